The second-order valence-corrected chi connectivity index (χ2v) is 5.42. The second-order valence-electron chi connectivity index (χ2n) is 5.42. The zero-order valence-corrected chi connectivity index (χ0v) is 15.8. The lowest BCUT2D eigenvalue weighted by Gasteiger charge is -2.33. The van der Waals surface area contributed by atoms with Crippen LogP contribution in [0.2, 0.25) is 0 Å². The molecule has 2 N–H and O–H groups in total. The Balaban J connectivity index is 0.00000361. The predicted octanol–water partition coefficient (Wildman–Crippen LogP) is 2.83. The molecule has 0 aliphatic carbocycles. The summed E-state index contributed by atoms with van der Waals surface area (Å²) in [6.45, 7) is 11.9. The molecule has 1 heterocycles. The SMILES string of the molecule is CCCCN=C(NCC)NCCN1CCCCC1C.I. The molecule has 20 heavy (non-hydrogen) atoms. The van der Waals surface area contributed by atoms with Gasteiger partial charge in [0, 0.05) is 32.2 Å². The van der Waals surface area contributed by atoms with Gasteiger partial charge in [-0.3, -0.25) is 9.89 Å². The van der Waals surface area contributed by atoms with Crippen molar-refractivity contribution in [3.8, 4) is 0 Å². The second kappa shape index (κ2) is 12.7. The predicted molar refractivity (Wildman–Crippen MR) is 99.2 cm³/mol. The molecule has 1 aliphatic rings. The third kappa shape index (κ3) is 8.29. The van der Waals surface area contributed by atoms with Crippen molar-refractivity contribution in [2.75, 3.05) is 32.7 Å². The third-order valence-corrected chi connectivity index (χ3v) is 3.76. The Morgan fingerprint density at radius 2 is 2.05 bits per heavy atom. The number of hydrogen-bond acceptors (Lipinski definition) is 2. The van der Waals surface area contributed by atoms with Crippen LogP contribution in [0.5, 0.6) is 0 Å². The van der Waals surface area contributed by atoms with Gasteiger partial charge in [0.1, 0.15) is 0 Å². The third-order valence-electron chi connectivity index (χ3n) is 3.76. The smallest absolute Gasteiger partial charge is 0.191 e. The number of nitrogens with zero attached hydrogens (tertiary/aromatic N) is 2. The molecule has 0 aromatic heterocycles. The van der Waals surface area contributed by atoms with Crippen LogP contribution in [0.15, 0.2) is 4.99 Å². The molecular formula is C15H33IN4. The molecule has 0 aromatic carbocycles. The normalized spacial score (nSPS) is 20.4. The van der Waals surface area contributed by atoms with Gasteiger partial charge in [-0.05, 0) is 39.7 Å². The van der Waals surface area contributed by atoms with Gasteiger partial charge < -0.3 is 10.6 Å². The highest BCUT2D eigenvalue weighted by Gasteiger charge is 2.17. The van der Waals surface area contributed by atoms with E-state index >= 15 is 0 Å². The van der Waals surface area contributed by atoms with Gasteiger partial charge in [0.2, 0.25) is 0 Å². The van der Waals surface area contributed by atoms with Crippen LogP contribution < -0.4 is 10.6 Å². The van der Waals surface area contributed by atoms with E-state index in [4.69, 9.17) is 0 Å². The first-order valence-electron chi connectivity index (χ1n) is 8.04. The van der Waals surface area contributed by atoms with E-state index in [0.717, 1.165) is 38.2 Å². The largest absolute Gasteiger partial charge is 0.357 e. The molecule has 120 valence electrons. The number of likely N-dealkylation sites (tertiary alicyclic amines) is 1. The van der Waals surface area contributed by atoms with Gasteiger partial charge in [0.25, 0.3) is 0 Å². The Labute approximate surface area is 142 Å². The van der Waals surface area contributed by atoms with Crippen LogP contribution in [-0.2, 0) is 0 Å². The van der Waals surface area contributed by atoms with Crippen molar-refractivity contribution in [2.24, 2.45) is 4.99 Å². The number of guanidine groups is 1. The maximum absolute atomic E-state index is 4.58. The van der Waals surface area contributed by atoms with E-state index in [9.17, 15) is 0 Å². The van der Waals surface area contributed by atoms with Gasteiger partial charge in [-0.15, -0.1) is 24.0 Å². The first-order chi connectivity index (χ1) is 9.27. The molecule has 0 aromatic rings. The minimum Gasteiger partial charge on any atom is -0.357 e. The summed E-state index contributed by atoms with van der Waals surface area (Å²) in [6.07, 6.45) is 6.47. The Morgan fingerprint density at radius 1 is 1.25 bits per heavy atom. The fourth-order valence-corrected chi connectivity index (χ4v) is 2.50. The van der Waals surface area contributed by atoms with E-state index in [1.807, 2.05) is 0 Å². The first-order valence-corrected chi connectivity index (χ1v) is 8.04. The van der Waals surface area contributed by atoms with Gasteiger partial charge in [-0.25, -0.2) is 0 Å². The Morgan fingerprint density at radius 3 is 2.70 bits per heavy atom. The van der Waals surface area contributed by atoms with E-state index in [-0.39, 0.29) is 24.0 Å². The monoisotopic (exact) mass is 396 g/mol. The number of halogens is 1. The highest BCUT2D eigenvalue weighted by molar-refractivity contribution is 14.0. The summed E-state index contributed by atoms with van der Waals surface area (Å²) in [5.41, 5.74) is 0. The molecule has 1 saturated heterocycles. The number of rotatable bonds is 7. The summed E-state index contributed by atoms with van der Waals surface area (Å²) < 4.78 is 0. The first kappa shape index (κ1) is 20.0. The van der Waals surface area contributed by atoms with Crippen LogP contribution in [0.25, 0.3) is 0 Å². The molecule has 0 bridgehead atoms. The number of nitrogens with one attached hydrogen (secondary N) is 2. The Bertz CT molecular complexity index is 258. The maximum Gasteiger partial charge on any atom is 0.191 e. The van der Waals surface area contributed by atoms with E-state index in [1.165, 1.54) is 38.6 Å². The average Bonchev–Trinajstić information content (AvgIpc) is 2.41. The van der Waals surface area contributed by atoms with E-state index in [2.05, 4.69) is 41.3 Å². The summed E-state index contributed by atoms with van der Waals surface area (Å²) in [5.74, 6) is 0.973. The molecule has 0 spiro atoms. The fourth-order valence-electron chi connectivity index (χ4n) is 2.50. The van der Waals surface area contributed by atoms with Crippen LogP contribution >= 0.6 is 24.0 Å². The van der Waals surface area contributed by atoms with Crippen LogP contribution in [-0.4, -0.2) is 49.6 Å². The minimum atomic E-state index is 0. The summed E-state index contributed by atoms with van der Waals surface area (Å²) >= 11 is 0. The lowest BCUT2D eigenvalue weighted by Crippen LogP contribution is -2.45. The Hall–Kier alpha value is -0.0400. The molecule has 5 heteroatoms. The summed E-state index contributed by atoms with van der Waals surface area (Å²) in [7, 11) is 0. The maximum atomic E-state index is 4.58. The molecule has 4 nitrogen and oxygen atoms in total. The Kier molecular flexibility index (Phi) is 12.7. The van der Waals surface area contributed by atoms with Gasteiger partial charge in [0.15, 0.2) is 5.96 Å². The molecule has 1 unspecified atom stereocenters. The fraction of sp³-hybridized carbons (Fsp3) is 0.933. The van der Waals surface area contributed by atoms with Crippen molar-refractivity contribution in [1.29, 1.82) is 0 Å². The standard InChI is InChI=1S/C15H32N4.HI/c1-4-6-10-17-15(16-5-2)18-11-13-19-12-8-7-9-14(19)3;/h14H,4-13H2,1-3H3,(H2,16,17,18);1H. The highest BCUT2D eigenvalue weighted by Crippen LogP contribution is 2.15. The molecule has 1 aliphatic heterocycles. The van der Waals surface area contributed by atoms with Crippen LogP contribution in [0, 0.1) is 0 Å². The lowest BCUT2D eigenvalue weighted by atomic mass is 10.0. The molecule has 0 saturated carbocycles. The van der Waals surface area contributed by atoms with Crippen molar-refractivity contribution in [1.82, 2.24) is 15.5 Å². The zero-order chi connectivity index (χ0) is 13.9. The summed E-state index contributed by atoms with van der Waals surface area (Å²) in [6, 6.07) is 0.746. The molecule has 1 rings (SSSR count). The van der Waals surface area contributed by atoms with E-state index in [0.29, 0.717) is 0 Å². The number of aliphatic imine (C=N–C) groups is 1. The molecule has 1 atom stereocenters. The van der Waals surface area contributed by atoms with Gasteiger partial charge in [-0.1, -0.05) is 19.8 Å². The lowest BCUT2D eigenvalue weighted by molar-refractivity contribution is 0.163. The number of piperidine rings is 1. The van der Waals surface area contributed by atoms with Crippen LogP contribution in [0.1, 0.15) is 52.9 Å². The number of hydrogen-bond donors (Lipinski definition) is 2. The summed E-state index contributed by atoms with van der Waals surface area (Å²) in [5, 5.41) is 6.76. The van der Waals surface area contributed by atoms with Crippen molar-refractivity contribution >= 4 is 29.9 Å². The van der Waals surface area contributed by atoms with Gasteiger partial charge >= 0.3 is 0 Å². The van der Waals surface area contributed by atoms with E-state index in [1.54, 1.807) is 0 Å². The minimum absolute atomic E-state index is 0. The quantitative estimate of drug-likeness (QED) is 0.301. The number of unbranched alkanes of at least 4 members (excludes halogenated alkanes) is 1. The van der Waals surface area contributed by atoms with Gasteiger partial charge in [0.05, 0.1) is 0 Å². The molecule has 0 radical (unpaired) electrons. The molecule has 1 fully saturated rings. The zero-order valence-electron chi connectivity index (χ0n) is 13.5. The van der Waals surface area contributed by atoms with E-state index < -0.39 is 0 Å². The van der Waals surface area contributed by atoms with Crippen LogP contribution in [0.3, 0.4) is 0 Å². The summed E-state index contributed by atoms with van der Waals surface area (Å²) in [4.78, 5) is 7.17. The van der Waals surface area contributed by atoms with Crippen LogP contribution in [0.4, 0.5) is 0 Å². The van der Waals surface area contributed by atoms with Crippen molar-refractivity contribution < 1.29 is 0 Å². The van der Waals surface area contributed by atoms with Gasteiger partial charge in [-0.2, -0.15) is 0 Å². The highest BCUT2D eigenvalue weighted by atomic mass is 127. The van der Waals surface area contributed by atoms with Crippen molar-refractivity contribution in [3.63, 3.8) is 0 Å². The molecule has 0 amide bonds. The average molecular weight is 396 g/mol. The van der Waals surface area contributed by atoms with Crippen molar-refractivity contribution in [3.05, 3.63) is 0 Å². The van der Waals surface area contributed by atoms with Crippen molar-refractivity contribution in [2.45, 2.75) is 58.9 Å². The topological polar surface area (TPSA) is 39.7 Å². The molecular weight excluding hydrogens is 363 g/mol.